The van der Waals surface area contributed by atoms with Crippen LogP contribution >= 0.6 is 11.3 Å². The number of nitrogens with zero attached hydrogens (tertiary/aromatic N) is 2. The summed E-state index contributed by atoms with van der Waals surface area (Å²) in [5, 5.41) is 5.35. The summed E-state index contributed by atoms with van der Waals surface area (Å²) in [4.78, 5) is 19.3. The molecule has 0 saturated carbocycles. The van der Waals surface area contributed by atoms with Crippen molar-refractivity contribution in [2.24, 2.45) is 0 Å². The molecule has 1 N–H and O–H groups in total. The van der Waals surface area contributed by atoms with Gasteiger partial charge in [-0.25, -0.2) is 0 Å². The molecule has 0 aliphatic carbocycles. The number of ether oxygens (including phenoxy) is 2. The van der Waals surface area contributed by atoms with Gasteiger partial charge in [0, 0.05) is 49.2 Å². The summed E-state index contributed by atoms with van der Waals surface area (Å²) in [5.74, 6) is 1.22. The molecule has 1 saturated heterocycles. The van der Waals surface area contributed by atoms with Crippen molar-refractivity contribution < 1.29 is 14.3 Å². The maximum atomic E-state index is 13.0. The zero-order valence-electron chi connectivity index (χ0n) is 18.8. The first-order valence-corrected chi connectivity index (χ1v) is 12.3. The quantitative estimate of drug-likeness (QED) is 0.570. The molecule has 3 aromatic rings. The van der Waals surface area contributed by atoms with Crippen molar-refractivity contribution >= 4 is 17.2 Å². The van der Waals surface area contributed by atoms with Crippen LogP contribution in [-0.4, -0.2) is 54.7 Å². The van der Waals surface area contributed by atoms with E-state index in [0.717, 1.165) is 32.7 Å². The van der Waals surface area contributed by atoms with E-state index < -0.39 is 0 Å². The molecule has 6 nitrogen and oxygen atoms in total. The molecule has 0 bridgehead atoms. The molecule has 3 heterocycles. The maximum Gasteiger partial charge on any atom is 0.251 e. The van der Waals surface area contributed by atoms with Crippen LogP contribution in [0.3, 0.4) is 0 Å². The third-order valence-corrected chi connectivity index (χ3v) is 7.29. The van der Waals surface area contributed by atoms with Gasteiger partial charge in [0.2, 0.25) is 6.79 Å². The Hall–Kier alpha value is -2.87. The van der Waals surface area contributed by atoms with Crippen LogP contribution in [0.4, 0.5) is 0 Å². The van der Waals surface area contributed by atoms with Crippen molar-refractivity contribution in [1.29, 1.82) is 0 Å². The van der Waals surface area contributed by atoms with E-state index in [9.17, 15) is 4.79 Å². The molecule has 1 amide bonds. The van der Waals surface area contributed by atoms with Crippen LogP contribution in [0.15, 0.2) is 66.0 Å². The number of nitrogens with one attached hydrogen (secondary N) is 1. The van der Waals surface area contributed by atoms with E-state index in [4.69, 9.17) is 9.47 Å². The van der Waals surface area contributed by atoms with E-state index in [0.29, 0.717) is 17.1 Å². The molecule has 2 unspecified atom stereocenters. The fourth-order valence-corrected chi connectivity index (χ4v) is 5.61. The first-order chi connectivity index (χ1) is 16.2. The van der Waals surface area contributed by atoms with Gasteiger partial charge in [0.15, 0.2) is 11.5 Å². The third kappa shape index (κ3) is 5.05. The molecular formula is C26H29N3O3S. The average Bonchev–Trinajstić information content (AvgIpc) is 3.53. The van der Waals surface area contributed by atoms with Crippen LogP contribution in [0, 0.1) is 0 Å². The molecule has 33 heavy (non-hydrogen) atoms. The predicted molar refractivity (Wildman–Crippen MR) is 130 cm³/mol. The van der Waals surface area contributed by atoms with E-state index in [2.05, 4.69) is 69.9 Å². The zero-order chi connectivity index (χ0) is 22.6. The highest BCUT2D eigenvalue weighted by Crippen LogP contribution is 2.33. The largest absolute Gasteiger partial charge is 0.454 e. The van der Waals surface area contributed by atoms with Gasteiger partial charge < -0.3 is 14.8 Å². The Morgan fingerprint density at radius 2 is 1.79 bits per heavy atom. The number of hydrogen-bond donors (Lipinski definition) is 1. The standard InChI is InChI=1S/C26H29N3O3S/c1-19(27-26(30)21-9-10-22-23(16-21)32-18-31-22)25(24-8-5-15-33-24)29-13-11-28(12-14-29)17-20-6-3-2-4-7-20/h2-10,15-16,19,25H,11-14,17-18H2,1H3,(H,27,30). The fourth-order valence-electron chi connectivity index (χ4n) is 4.65. The van der Waals surface area contributed by atoms with Gasteiger partial charge in [-0.3, -0.25) is 14.6 Å². The number of amides is 1. The van der Waals surface area contributed by atoms with E-state index in [1.807, 2.05) is 0 Å². The van der Waals surface area contributed by atoms with Gasteiger partial charge >= 0.3 is 0 Å². The smallest absolute Gasteiger partial charge is 0.251 e. The second kappa shape index (κ2) is 9.95. The number of benzene rings is 2. The molecule has 172 valence electrons. The number of carbonyl (C=O) groups excluding carboxylic acids is 1. The highest BCUT2D eigenvalue weighted by molar-refractivity contribution is 7.10. The van der Waals surface area contributed by atoms with Crippen molar-refractivity contribution in [2.75, 3.05) is 33.0 Å². The zero-order valence-corrected chi connectivity index (χ0v) is 19.6. The third-order valence-electron chi connectivity index (χ3n) is 6.35. The lowest BCUT2D eigenvalue weighted by molar-refractivity contribution is 0.0714. The molecule has 2 atom stereocenters. The fraction of sp³-hybridized carbons (Fsp3) is 0.346. The van der Waals surface area contributed by atoms with E-state index >= 15 is 0 Å². The molecule has 0 spiro atoms. The molecule has 7 heteroatoms. The van der Waals surface area contributed by atoms with Crippen LogP contribution in [0.5, 0.6) is 11.5 Å². The first-order valence-electron chi connectivity index (χ1n) is 11.4. The Morgan fingerprint density at radius 3 is 2.55 bits per heavy atom. The average molecular weight is 464 g/mol. The minimum absolute atomic E-state index is 0.0396. The number of carbonyl (C=O) groups is 1. The van der Waals surface area contributed by atoms with Crippen molar-refractivity contribution in [3.05, 3.63) is 82.0 Å². The van der Waals surface area contributed by atoms with Crippen LogP contribution in [0.1, 0.15) is 33.8 Å². The molecule has 0 radical (unpaired) electrons. The molecule has 2 aromatic carbocycles. The minimum atomic E-state index is -0.0925. The number of hydrogen-bond acceptors (Lipinski definition) is 6. The van der Waals surface area contributed by atoms with Crippen LogP contribution < -0.4 is 14.8 Å². The van der Waals surface area contributed by atoms with E-state index in [1.54, 1.807) is 29.5 Å². The van der Waals surface area contributed by atoms with Crippen LogP contribution in [0.2, 0.25) is 0 Å². The Morgan fingerprint density at radius 1 is 1.00 bits per heavy atom. The van der Waals surface area contributed by atoms with Gasteiger partial charge in [0.1, 0.15) is 0 Å². The van der Waals surface area contributed by atoms with Gasteiger partial charge in [-0.15, -0.1) is 11.3 Å². The predicted octanol–water partition coefficient (Wildman–Crippen LogP) is 4.15. The molecule has 2 aliphatic heterocycles. The first kappa shape index (κ1) is 21.9. The van der Waals surface area contributed by atoms with E-state index in [-0.39, 0.29) is 24.8 Å². The topological polar surface area (TPSA) is 54.0 Å². The van der Waals surface area contributed by atoms with Crippen molar-refractivity contribution in [3.8, 4) is 11.5 Å². The SMILES string of the molecule is CC(NC(=O)c1ccc2c(c1)OCO2)C(c1cccs1)N1CCN(Cc2ccccc2)CC1. The van der Waals surface area contributed by atoms with Crippen molar-refractivity contribution in [2.45, 2.75) is 25.6 Å². The lowest BCUT2D eigenvalue weighted by Crippen LogP contribution is -2.52. The number of piperazine rings is 1. The van der Waals surface area contributed by atoms with Gasteiger partial charge in [-0.1, -0.05) is 36.4 Å². The molecule has 1 aromatic heterocycles. The van der Waals surface area contributed by atoms with Gasteiger partial charge in [-0.2, -0.15) is 0 Å². The Labute approximate surface area is 198 Å². The second-order valence-corrected chi connectivity index (χ2v) is 9.57. The Balaban J connectivity index is 1.25. The minimum Gasteiger partial charge on any atom is -0.454 e. The lowest BCUT2D eigenvalue weighted by Gasteiger charge is -2.41. The molecule has 2 aliphatic rings. The summed E-state index contributed by atoms with van der Waals surface area (Å²) < 4.78 is 10.8. The number of fused-ring (bicyclic) bond motifs is 1. The Bertz CT molecular complexity index is 1070. The van der Waals surface area contributed by atoms with Gasteiger partial charge in [0.25, 0.3) is 5.91 Å². The normalized spacial score (nSPS) is 18.1. The Kier molecular flexibility index (Phi) is 6.62. The van der Waals surface area contributed by atoms with Crippen molar-refractivity contribution in [3.63, 3.8) is 0 Å². The summed E-state index contributed by atoms with van der Waals surface area (Å²) in [7, 11) is 0. The maximum absolute atomic E-state index is 13.0. The highest BCUT2D eigenvalue weighted by atomic mass is 32.1. The lowest BCUT2D eigenvalue weighted by atomic mass is 10.0. The van der Waals surface area contributed by atoms with E-state index in [1.165, 1.54) is 10.4 Å². The summed E-state index contributed by atoms with van der Waals surface area (Å²) in [6.07, 6.45) is 0. The molecular weight excluding hydrogens is 434 g/mol. The monoisotopic (exact) mass is 463 g/mol. The van der Waals surface area contributed by atoms with Crippen LogP contribution in [-0.2, 0) is 6.54 Å². The number of rotatable bonds is 7. The van der Waals surface area contributed by atoms with Crippen molar-refractivity contribution in [1.82, 2.24) is 15.1 Å². The summed E-state index contributed by atoms with van der Waals surface area (Å²) >= 11 is 1.75. The van der Waals surface area contributed by atoms with Crippen LogP contribution in [0.25, 0.3) is 0 Å². The molecule has 1 fully saturated rings. The van der Waals surface area contributed by atoms with Gasteiger partial charge in [0.05, 0.1) is 6.04 Å². The summed E-state index contributed by atoms with van der Waals surface area (Å²) in [6.45, 7) is 7.26. The number of thiophene rings is 1. The second-order valence-electron chi connectivity index (χ2n) is 8.59. The highest BCUT2D eigenvalue weighted by Gasteiger charge is 2.31. The summed E-state index contributed by atoms with van der Waals surface area (Å²) in [5.41, 5.74) is 1.94. The summed E-state index contributed by atoms with van der Waals surface area (Å²) in [6, 6.07) is 20.3. The van der Waals surface area contributed by atoms with Gasteiger partial charge in [-0.05, 0) is 42.1 Å². The molecule has 5 rings (SSSR count).